The maximum Gasteiger partial charge on any atom is 0.159 e. The fraction of sp³-hybridized carbons (Fsp3) is 0.313. The molecule has 512 valence electrons. The van der Waals surface area contributed by atoms with Gasteiger partial charge in [-0.3, -0.25) is 0 Å². The van der Waals surface area contributed by atoms with Crippen molar-refractivity contribution in [2.24, 2.45) is 5.41 Å². The third kappa shape index (κ3) is 13.4. The second kappa shape index (κ2) is 28.9. The fourth-order valence-corrected chi connectivity index (χ4v) is 18.2. The van der Waals surface area contributed by atoms with Crippen LogP contribution < -0.4 is 0 Å². The number of hydrogen-bond donors (Lipinski definition) is 0. The minimum absolute atomic E-state index is 0.147. The van der Waals surface area contributed by atoms with E-state index in [2.05, 4.69) is 260 Å². The third-order valence-electron chi connectivity index (χ3n) is 20.0. The first-order chi connectivity index (χ1) is 49.3. The molecule has 0 N–H and O–H groups in total. The zero-order chi connectivity index (χ0) is 69.5. The van der Waals surface area contributed by atoms with Gasteiger partial charge in [0.25, 0.3) is 0 Å². The maximum absolute atomic E-state index is 5.30. The summed E-state index contributed by atoms with van der Waals surface area (Å²) < 4.78 is 13.7. The van der Waals surface area contributed by atoms with Gasteiger partial charge in [-0.1, -0.05) is 61.5 Å². The summed E-state index contributed by atoms with van der Waals surface area (Å²) in [4.78, 5) is 46.9. The first kappa shape index (κ1) is 67.5. The van der Waals surface area contributed by atoms with Gasteiger partial charge in [-0.15, -0.1) is 0 Å². The van der Waals surface area contributed by atoms with Crippen molar-refractivity contribution in [1.82, 2.24) is 72.3 Å². The second-order valence-corrected chi connectivity index (χ2v) is 30.3. The number of hydrogen-bond acceptors (Lipinski definition) is 12. The highest BCUT2D eigenvalue weighted by Gasteiger charge is 2.26. The molecule has 15 nitrogen and oxygen atoms in total. The number of aryl methyl sites for hydroxylation is 9. The number of imidazole rings is 6. The van der Waals surface area contributed by atoms with Crippen molar-refractivity contribution in [2.45, 2.75) is 145 Å². The van der Waals surface area contributed by atoms with Crippen LogP contribution in [-0.2, 0) is 56.5 Å². The van der Waals surface area contributed by atoms with E-state index in [4.69, 9.17) is 44.9 Å². The van der Waals surface area contributed by atoms with E-state index in [1.54, 1.807) is 0 Å². The zero-order valence-corrected chi connectivity index (χ0v) is 62.1. The minimum atomic E-state index is 0.147. The number of pyridine rings is 3. The van der Waals surface area contributed by atoms with Crippen LogP contribution in [0.1, 0.15) is 101 Å². The van der Waals surface area contributed by atoms with Crippen LogP contribution in [0.15, 0.2) is 164 Å². The van der Waals surface area contributed by atoms with Gasteiger partial charge in [-0.2, -0.15) is 35.3 Å². The Hall–Kier alpha value is -9.36. The van der Waals surface area contributed by atoms with Crippen LogP contribution >= 0.6 is 35.3 Å². The van der Waals surface area contributed by atoms with Crippen LogP contribution in [0.2, 0.25) is 0 Å². The molecule has 0 bridgehead atoms. The molecule has 101 heavy (non-hydrogen) atoms. The van der Waals surface area contributed by atoms with E-state index in [9.17, 15) is 0 Å². The van der Waals surface area contributed by atoms with E-state index in [0.29, 0.717) is 0 Å². The molecule has 0 atom stereocenters. The Morgan fingerprint density at radius 2 is 0.495 bits per heavy atom. The second-order valence-electron chi connectivity index (χ2n) is 27.0. The predicted octanol–water partition coefficient (Wildman–Crippen LogP) is 20.3. The predicted molar refractivity (Wildman–Crippen MR) is 424 cm³/mol. The van der Waals surface area contributed by atoms with Gasteiger partial charge in [0, 0.05) is 56.5 Å². The molecule has 9 aromatic heterocycles. The fourth-order valence-electron chi connectivity index (χ4n) is 14.6. The maximum atomic E-state index is 5.30. The molecule has 0 aliphatic heterocycles. The number of nitrogens with zero attached hydrogens (tertiary/aromatic N) is 15. The molecule has 0 aliphatic rings. The molecule has 0 saturated heterocycles. The highest BCUT2D eigenvalue weighted by Crippen LogP contribution is 2.39. The summed E-state index contributed by atoms with van der Waals surface area (Å²) in [5.74, 6) is 11.3. The third-order valence-corrected chi connectivity index (χ3v) is 23.1. The van der Waals surface area contributed by atoms with E-state index < -0.39 is 0 Å². The van der Waals surface area contributed by atoms with Gasteiger partial charge in [0.2, 0.25) is 0 Å². The topological polar surface area (TPSA) is 146 Å². The highest BCUT2D eigenvalue weighted by atomic mass is 32.2. The smallest absolute Gasteiger partial charge is 0.159 e. The lowest BCUT2D eigenvalue weighted by molar-refractivity contribution is 0.294. The van der Waals surface area contributed by atoms with Crippen LogP contribution in [0.5, 0.6) is 0 Å². The standard InChI is InChI=1S/C83H87N15S3/c1-11-93-71-32-26-53(7)44-65(71)87-77(93)59-20-17-23-62(84-59)80-90-68-47-56(29-35-74(68)96(80)14-4)50-99-41-38-83(10,39-42-100-51-57-30-36-75-69(48-57)91-81(97(75)15-5)63-24-18-21-60(85-63)78-88-66-45-54(8)27-33-72(66)94(78)12-2)40-43-101-52-58-31-37-76-70(49-58)92-82(98(76)16-6)64-25-19-22-61(86-64)79-89-67-46-55(9)28-34-73(67)95(79)13-3/h17-37,44-49H,11-16,38-43,50-52H2,1-10H3. The Morgan fingerprint density at radius 3 is 0.723 bits per heavy atom. The molecule has 18 heteroatoms. The van der Waals surface area contributed by atoms with Crippen LogP contribution in [0.25, 0.3) is 135 Å². The van der Waals surface area contributed by atoms with Gasteiger partial charge in [0.1, 0.15) is 34.2 Å². The average molecular weight is 1390 g/mol. The molecule has 0 fully saturated rings. The van der Waals surface area contributed by atoms with Gasteiger partial charge >= 0.3 is 0 Å². The summed E-state index contributed by atoms with van der Waals surface area (Å²) in [6.07, 6.45) is 3.40. The van der Waals surface area contributed by atoms with Crippen molar-refractivity contribution in [3.63, 3.8) is 0 Å². The average Bonchev–Trinajstić information content (AvgIpc) is 1.64. The van der Waals surface area contributed by atoms with Gasteiger partial charge in [0.15, 0.2) is 34.9 Å². The number of rotatable bonds is 27. The summed E-state index contributed by atoms with van der Waals surface area (Å²) in [6.45, 7) is 26.7. The Balaban J connectivity index is 0.634. The van der Waals surface area contributed by atoms with Crippen LogP contribution in [0.4, 0.5) is 0 Å². The lowest BCUT2D eigenvalue weighted by Gasteiger charge is -2.30. The SMILES string of the molecule is CCn1c(-c2cccc(-c3nc4cc(CSCCC(C)(CCSCc5ccc6c(c5)nc(-c5cccc(-c7nc8cc(C)ccc8n7CC)n5)n6CC)CCSCc5ccc6c(c5)nc(-c5cccc(-c7nc8cc(C)ccc8n7CC)n5)n6CC)ccc4n3CC)n2)nc2cc(C)ccc21. The molecule has 0 saturated carbocycles. The van der Waals surface area contributed by atoms with Crippen LogP contribution in [0, 0.1) is 26.2 Å². The van der Waals surface area contributed by atoms with E-state index in [1.807, 2.05) is 35.3 Å². The Bertz CT molecular complexity index is 5030. The molecule has 0 amide bonds. The molecule has 15 rings (SSSR count). The number of fused-ring (bicyclic) bond motifs is 6. The summed E-state index contributed by atoms with van der Waals surface area (Å²) >= 11 is 6.12. The minimum Gasteiger partial charge on any atom is -0.323 e. The van der Waals surface area contributed by atoms with Crippen molar-refractivity contribution in [2.75, 3.05) is 17.3 Å². The summed E-state index contributed by atoms with van der Waals surface area (Å²) in [5, 5.41) is 0. The molecular formula is C83H87N15S3. The quantitative estimate of drug-likeness (QED) is 0.0452. The summed E-state index contributed by atoms with van der Waals surface area (Å²) in [7, 11) is 0. The molecule has 0 aliphatic carbocycles. The van der Waals surface area contributed by atoms with E-state index in [1.165, 1.54) is 33.4 Å². The van der Waals surface area contributed by atoms with Gasteiger partial charge in [-0.25, -0.2) is 44.9 Å². The number of thioether (sulfide) groups is 3. The molecule has 0 unspecified atom stereocenters. The lowest BCUT2D eigenvalue weighted by Crippen LogP contribution is -2.20. The molecule has 0 spiro atoms. The lowest BCUT2D eigenvalue weighted by atomic mass is 9.82. The monoisotopic (exact) mass is 1390 g/mol. The molecule has 6 aromatic carbocycles. The summed E-state index contributed by atoms with van der Waals surface area (Å²) in [6, 6.07) is 58.7. The molecule has 9 heterocycles. The Kier molecular flexibility index (Phi) is 19.3. The highest BCUT2D eigenvalue weighted by molar-refractivity contribution is 7.99. The molecular weight excluding hydrogens is 1300 g/mol. The first-order valence-corrected chi connectivity index (χ1v) is 39.3. The van der Waals surface area contributed by atoms with Crippen molar-refractivity contribution < 1.29 is 0 Å². The van der Waals surface area contributed by atoms with Crippen molar-refractivity contribution in [1.29, 1.82) is 0 Å². The Labute approximate surface area is 603 Å². The number of aromatic nitrogens is 15. The van der Waals surface area contributed by atoms with Crippen LogP contribution in [0.3, 0.4) is 0 Å². The molecule has 0 radical (unpaired) electrons. The van der Waals surface area contributed by atoms with Gasteiger partial charge in [0.05, 0.1) is 66.2 Å². The van der Waals surface area contributed by atoms with Gasteiger partial charge < -0.3 is 27.4 Å². The largest absolute Gasteiger partial charge is 0.323 e. The van der Waals surface area contributed by atoms with Crippen LogP contribution in [-0.4, -0.2) is 89.5 Å². The summed E-state index contributed by atoms with van der Waals surface area (Å²) in [5.41, 5.74) is 25.5. The van der Waals surface area contributed by atoms with Gasteiger partial charge in [-0.05, 0) is 247 Å². The van der Waals surface area contributed by atoms with Crippen molar-refractivity contribution in [3.8, 4) is 69.1 Å². The number of benzene rings is 6. The van der Waals surface area contributed by atoms with Crippen molar-refractivity contribution in [3.05, 3.63) is 197 Å². The Morgan fingerprint density at radius 1 is 0.277 bits per heavy atom. The van der Waals surface area contributed by atoms with E-state index in [0.717, 1.165) is 228 Å². The zero-order valence-electron chi connectivity index (χ0n) is 59.6. The van der Waals surface area contributed by atoms with E-state index >= 15 is 0 Å². The first-order valence-electron chi connectivity index (χ1n) is 35.9. The van der Waals surface area contributed by atoms with Crippen molar-refractivity contribution >= 4 is 101 Å². The van der Waals surface area contributed by atoms with E-state index in [-0.39, 0.29) is 5.41 Å². The molecule has 15 aromatic rings. The normalized spacial score (nSPS) is 12.2.